The van der Waals surface area contributed by atoms with Crippen molar-refractivity contribution >= 4 is 5.69 Å². The number of nitrogen functional groups attached to an aromatic ring is 1. The first-order chi connectivity index (χ1) is 7.84. The molecule has 82 valence electrons. The lowest BCUT2D eigenvalue weighted by atomic mass is 10.1. The number of nitrogens with one attached hydrogen (secondary N) is 1. The molecule has 4 nitrogen and oxygen atoms in total. The van der Waals surface area contributed by atoms with Crippen molar-refractivity contribution in [3.8, 4) is 11.1 Å². The highest BCUT2D eigenvalue weighted by Gasteiger charge is 2.15. The van der Waals surface area contributed by atoms with Crippen LogP contribution in [-0.4, -0.2) is 16.3 Å². The van der Waals surface area contributed by atoms with Gasteiger partial charge in [0.05, 0.1) is 18.4 Å². The molecule has 4 heteroatoms. The predicted molar refractivity (Wildman–Crippen MR) is 63.8 cm³/mol. The molecule has 0 spiro atoms. The molecule has 0 saturated carbocycles. The molecule has 3 rings (SSSR count). The quantitative estimate of drug-likeness (QED) is 0.702. The summed E-state index contributed by atoms with van der Waals surface area (Å²) in [6, 6.07) is 7.94. The van der Waals surface area contributed by atoms with E-state index in [1.54, 1.807) is 0 Å². The minimum atomic E-state index is 0.793. The molecule has 3 N–H and O–H groups in total. The van der Waals surface area contributed by atoms with Crippen molar-refractivity contribution in [2.24, 2.45) is 0 Å². The number of hydrogen-bond acceptors (Lipinski definition) is 3. The van der Waals surface area contributed by atoms with Crippen LogP contribution in [0.2, 0.25) is 0 Å². The van der Waals surface area contributed by atoms with Crippen LogP contribution in [0.5, 0.6) is 0 Å². The van der Waals surface area contributed by atoms with Gasteiger partial charge in [0.1, 0.15) is 0 Å². The fourth-order valence-corrected chi connectivity index (χ4v) is 2.13. The number of nitrogens with zero attached hydrogens (tertiary/aromatic N) is 2. The predicted octanol–water partition coefficient (Wildman–Crippen LogP) is 1.24. The molecule has 1 aromatic carbocycles. The van der Waals surface area contributed by atoms with Crippen LogP contribution in [0, 0.1) is 0 Å². The lowest BCUT2D eigenvalue weighted by Gasteiger charge is -2.16. The van der Waals surface area contributed by atoms with Crippen molar-refractivity contribution in [1.82, 2.24) is 15.1 Å². The Morgan fingerprint density at radius 1 is 1.38 bits per heavy atom. The maximum atomic E-state index is 5.80. The van der Waals surface area contributed by atoms with Gasteiger partial charge in [-0.2, -0.15) is 5.10 Å². The van der Waals surface area contributed by atoms with Gasteiger partial charge in [-0.3, -0.25) is 4.68 Å². The number of aromatic nitrogens is 2. The maximum Gasteiger partial charge on any atom is 0.0601 e. The Hall–Kier alpha value is -1.81. The van der Waals surface area contributed by atoms with E-state index in [1.807, 2.05) is 24.4 Å². The zero-order chi connectivity index (χ0) is 11.0. The van der Waals surface area contributed by atoms with Gasteiger partial charge in [0, 0.05) is 24.3 Å². The second-order valence-corrected chi connectivity index (χ2v) is 4.03. The number of nitrogens with two attached hydrogens (primary N) is 1. The third-order valence-corrected chi connectivity index (χ3v) is 2.94. The van der Waals surface area contributed by atoms with Gasteiger partial charge in [0.15, 0.2) is 0 Å². The number of anilines is 1. The Bertz CT molecular complexity index is 515. The van der Waals surface area contributed by atoms with Gasteiger partial charge in [0.2, 0.25) is 0 Å². The van der Waals surface area contributed by atoms with E-state index in [4.69, 9.17) is 5.73 Å². The van der Waals surface area contributed by atoms with Crippen LogP contribution < -0.4 is 11.1 Å². The summed E-state index contributed by atoms with van der Waals surface area (Å²) in [4.78, 5) is 0. The second-order valence-electron chi connectivity index (χ2n) is 4.03. The number of benzene rings is 1. The van der Waals surface area contributed by atoms with Gasteiger partial charge in [-0.05, 0) is 17.7 Å². The number of rotatable bonds is 1. The van der Waals surface area contributed by atoms with Gasteiger partial charge in [-0.1, -0.05) is 12.1 Å². The lowest BCUT2D eigenvalue weighted by molar-refractivity contribution is 0.476. The van der Waals surface area contributed by atoms with E-state index < -0.39 is 0 Å². The van der Waals surface area contributed by atoms with E-state index in [0.29, 0.717) is 0 Å². The number of hydrogen-bond donors (Lipinski definition) is 2. The van der Waals surface area contributed by atoms with Crippen molar-refractivity contribution in [2.75, 3.05) is 12.3 Å². The lowest BCUT2D eigenvalue weighted by Crippen LogP contribution is -2.28. The van der Waals surface area contributed by atoms with E-state index in [1.165, 1.54) is 11.3 Å². The summed E-state index contributed by atoms with van der Waals surface area (Å²) in [5.74, 6) is 0. The minimum absolute atomic E-state index is 0.793. The molecule has 16 heavy (non-hydrogen) atoms. The highest BCUT2D eigenvalue weighted by atomic mass is 15.3. The van der Waals surface area contributed by atoms with Crippen molar-refractivity contribution < 1.29 is 0 Å². The zero-order valence-corrected chi connectivity index (χ0v) is 8.98. The summed E-state index contributed by atoms with van der Waals surface area (Å²) in [7, 11) is 0. The van der Waals surface area contributed by atoms with Gasteiger partial charge in [-0.25, -0.2) is 0 Å². The van der Waals surface area contributed by atoms with Gasteiger partial charge in [0.25, 0.3) is 0 Å². The van der Waals surface area contributed by atoms with Gasteiger partial charge >= 0.3 is 0 Å². The Labute approximate surface area is 94.1 Å². The van der Waals surface area contributed by atoms with Crippen LogP contribution in [-0.2, 0) is 13.1 Å². The monoisotopic (exact) mass is 214 g/mol. The molecule has 2 heterocycles. The van der Waals surface area contributed by atoms with Crippen LogP contribution in [0.1, 0.15) is 5.69 Å². The average Bonchev–Trinajstić information content (AvgIpc) is 2.72. The SMILES string of the molecule is Nc1cccc(-c2cnn3c2CNCC3)c1. The first kappa shape index (κ1) is 9.42. The molecular weight excluding hydrogens is 200 g/mol. The molecule has 0 unspecified atom stereocenters. The second kappa shape index (κ2) is 3.64. The Morgan fingerprint density at radius 2 is 2.31 bits per heavy atom. The minimum Gasteiger partial charge on any atom is -0.399 e. The first-order valence-electron chi connectivity index (χ1n) is 5.46. The summed E-state index contributed by atoms with van der Waals surface area (Å²) >= 11 is 0. The van der Waals surface area contributed by atoms with Gasteiger partial charge in [-0.15, -0.1) is 0 Å². The summed E-state index contributed by atoms with van der Waals surface area (Å²) < 4.78 is 2.06. The third-order valence-electron chi connectivity index (χ3n) is 2.94. The van der Waals surface area contributed by atoms with Crippen molar-refractivity contribution in [1.29, 1.82) is 0 Å². The molecule has 0 fully saturated rings. The fourth-order valence-electron chi connectivity index (χ4n) is 2.13. The van der Waals surface area contributed by atoms with Crippen molar-refractivity contribution in [3.05, 3.63) is 36.2 Å². The van der Waals surface area contributed by atoms with Crippen LogP contribution in [0.3, 0.4) is 0 Å². The molecule has 1 aliphatic rings. The van der Waals surface area contributed by atoms with Gasteiger partial charge < -0.3 is 11.1 Å². The Morgan fingerprint density at radius 3 is 3.19 bits per heavy atom. The van der Waals surface area contributed by atoms with Crippen LogP contribution >= 0.6 is 0 Å². The number of fused-ring (bicyclic) bond motifs is 1. The summed E-state index contributed by atoms with van der Waals surface area (Å²) in [5, 5.41) is 7.76. The fraction of sp³-hybridized carbons (Fsp3) is 0.250. The van der Waals surface area contributed by atoms with Crippen LogP contribution in [0.15, 0.2) is 30.5 Å². The van der Waals surface area contributed by atoms with E-state index in [9.17, 15) is 0 Å². The molecular formula is C12H14N4. The molecule has 2 aromatic rings. The van der Waals surface area contributed by atoms with E-state index in [2.05, 4.69) is 21.2 Å². The molecule has 0 radical (unpaired) electrons. The van der Waals surface area contributed by atoms with E-state index >= 15 is 0 Å². The molecule has 0 aliphatic carbocycles. The molecule has 1 aliphatic heterocycles. The molecule has 0 saturated heterocycles. The summed E-state index contributed by atoms with van der Waals surface area (Å²) in [6.07, 6.45) is 1.93. The summed E-state index contributed by atoms with van der Waals surface area (Å²) in [6.45, 7) is 2.81. The smallest absolute Gasteiger partial charge is 0.0601 e. The highest BCUT2D eigenvalue weighted by Crippen LogP contribution is 2.26. The van der Waals surface area contributed by atoms with E-state index in [-0.39, 0.29) is 0 Å². The first-order valence-corrected chi connectivity index (χ1v) is 5.46. The third kappa shape index (κ3) is 1.47. The Balaban J connectivity index is 2.09. The van der Waals surface area contributed by atoms with Crippen LogP contribution in [0.25, 0.3) is 11.1 Å². The molecule has 0 bridgehead atoms. The van der Waals surface area contributed by atoms with Crippen LogP contribution in [0.4, 0.5) is 5.69 Å². The molecule has 0 atom stereocenters. The Kier molecular flexibility index (Phi) is 2.15. The summed E-state index contributed by atoms with van der Waals surface area (Å²) in [5.41, 5.74) is 10.2. The maximum absolute atomic E-state index is 5.80. The topological polar surface area (TPSA) is 55.9 Å². The van der Waals surface area contributed by atoms with E-state index in [0.717, 1.165) is 30.9 Å². The largest absolute Gasteiger partial charge is 0.399 e. The highest BCUT2D eigenvalue weighted by molar-refractivity contribution is 5.68. The average molecular weight is 214 g/mol. The molecule has 0 amide bonds. The standard InChI is InChI=1S/C12H14N4/c13-10-3-1-2-9(6-10)11-7-15-16-5-4-14-8-12(11)16/h1-3,6-7,14H,4-5,8,13H2. The normalized spacial score (nSPS) is 14.8. The zero-order valence-electron chi connectivity index (χ0n) is 8.98. The van der Waals surface area contributed by atoms with Crippen molar-refractivity contribution in [3.63, 3.8) is 0 Å². The van der Waals surface area contributed by atoms with Crippen molar-refractivity contribution in [2.45, 2.75) is 13.1 Å². The molecule has 1 aromatic heterocycles.